The van der Waals surface area contributed by atoms with Gasteiger partial charge in [0, 0.05) is 5.92 Å². The number of alkyl carbamates (subject to hydrolysis) is 1. The summed E-state index contributed by atoms with van der Waals surface area (Å²) in [4.78, 5) is 24.0. The fraction of sp³-hybridized carbons (Fsp3) is 0.391. The van der Waals surface area contributed by atoms with E-state index in [1.54, 1.807) is 6.92 Å². The van der Waals surface area contributed by atoms with E-state index in [4.69, 9.17) is 9.47 Å². The van der Waals surface area contributed by atoms with Crippen LogP contribution in [0.1, 0.15) is 44.7 Å². The number of rotatable bonds is 6. The van der Waals surface area contributed by atoms with Crippen LogP contribution >= 0.6 is 0 Å². The second kappa shape index (κ2) is 8.25. The summed E-state index contributed by atoms with van der Waals surface area (Å²) in [6, 6.07) is 14.9. The molecule has 0 aliphatic heterocycles. The van der Waals surface area contributed by atoms with Gasteiger partial charge in [-0.25, -0.2) is 9.59 Å². The number of carboxylic acids is 1. The molecule has 0 aromatic heterocycles. The maximum absolute atomic E-state index is 12.4. The number of fused-ring (bicyclic) bond motifs is 3. The number of benzene rings is 2. The van der Waals surface area contributed by atoms with Gasteiger partial charge in [-0.05, 0) is 49.9 Å². The third-order valence-corrected chi connectivity index (χ3v) is 4.89. The van der Waals surface area contributed by atoms with E-state index in [1.165, 1.54) is 0 Å². The van der Waals surface area contributed by atoms with E-state index in [0.717, 1.165) is 22.3 Å². The Morgan fingerprint density at radius 3 is 2.03 bits per heavy atom. The fourth-order valence-electron chi connectivity index (χ4n) is 3.77. The second-order valence-electron chi connectivity index (χ2n) is 8.22. The van der Waals surface area contributed by atoms with Gasteiger partial charge in [-0.3, -0.25) is 0 Å². The number of nitrogens with one attached hydrogen (secondary N) is 1. The van der Waals surface area contributed by atoms with Crippen molar-refractivity contribution in [1.29, 1.82) is 0 Å². The van der Waals surface area contributed by atoms with Crippen molar-refractivity contribution >= 4 is 12.1 Å². The van der Waals surface area contributed by atoms with Crippen molar-refractivity contribution < 1.29 is 24.2 Å². The normalized spacial score (nSPS) is 15.2. The molecule has 2 aromatic carbocycles. The van der Waals surface area contributed by atoms with Crippen LogP contribution in [0.2, 0.25) is 0 Å². The quantitative estimate of drug-likeness (QED) is 0.764. The first kappa shape index (κ1) is 20.9. The molecule has 2 N–H and O–H groups in total. The number of carbonyl (C=O) groups is 2. The second-order valence-corrected chi connectivity index (χ2v) is 8.22. The smallest absolute Gasteiger partial charge is 0.407 e. The van der Waals surface area contributed by atoms with E-state index in [9.17, 15) is 14.7 Å². The summed E-state index contributed by atoms with van der Waals surface area (Å²) < 4.78 is 11.1. The standard InChI is InChI=1S/C23H27NO5/c1-14(29-23(2,3)4)20(21(25)26)24-22(27)28-13-19-17-11-7-5-9-15(17)16-10-6-8-12-18(16)19/h5-12,14,19-20H,13H2,1-4H3,(H,24,27)(H,25,26)/t14-,20-/m0/s1. The van der Waals surface area contributed by atoms with Crippen LogP contribution in [-0.2, 0) is 14.3 Å². The Balaban J connectivity index is 1.68. The number of carboxylic acid groups (broad SMARTS) is 1. The Hall–Kier alpha value is -2.86. The SMILES string of the molecule is C[C@H](OC(C)(C)C)[C@H](NC(=O)OCC1c2ccccc2-c2ccccc21)C(=O)O. The topological polar surface area (TPSA) is 84.9 Å². The Bertz CT molecular complexity index is 857. The number of hydrogen-bond donors (Lipinski definition) is 2. The van der Waals surface area contributed by atoms with E-state index in [-0.39, 0.29) is 12.5 Å². The Labute approximate surface area is 170 Å². The van der Waals surface area contributed by atoms with Gasteiger partial charge in [0.15, 0.2) is 6.04 Å². The third-order valence-electron chi connectivity index (χ3n) is 4.89. The van der Waals surface area contributed by atoms with Crippen molar-refractivity contribution in [3.63, 3.8) is 0 Å². The van der Waals surface area contributed by atoms with Crippen LogP contribution in [-0.4, -0.2) is 41.5 Å². The predicted molar refractivity (Wildman–Crippen MR) is 110 cm³/mol. The van der Waals surface area contributed by atoms with Crippen LogP contribution in [0.3, 0.4) is 0 Å². The van der Waals surface area contributed by atoms with Gasteiger partial charge in [0.1, 0.15) is 6.61 Å². The molecule has 0 spiro atoms. The molecule has 29 heavy (non-hydrogen) atoms. The molecule has 0 heterocycles. The molecule has 3 rings (SSSR count). The lowest BCUT2D eigenvalue weighted by Gasteiger charge is -2.29. The molecule has 0 bridgehead atoms. The van der Waals surface area contributed by atoms with Crippen LogP contribution in [0.25, 0.3) is 11.1 Å². The van der Waals surface area contributed by atoms with Gasteiger partial charge >= 0.3 is 12.1 Å². The molecular formula is C23H27NO5. The minimum atomic E-state index is -1.20. The summed E-state index contributed by atoms with van der Waals surface area (Å²) in [5.41, 5.74) is 3.93. The Morgan fingerprint density at radius 1 is 1.03 bits per heavy atom. The molecule has 0 fully saturated rings. The molecule has 1 aliphatic rings. The molecule has 6 nitrogen and oxygen atoms in total. The minimum absolute atomic E-state index is 0.0836. The monoisotopic (exact) mass is 397 g/mol. The zero-order chi connectivity index (χ0) is 21.2. The van der Waals surface area contributed by atoms with Crippen molar-refractivity contribution in [1.82, 2.24) is 5.32 Å². The highest BCUT2D eigenvalue weighted by Crippen LogP contribution is 2.44. The van der Waals surface area contributed by atoms with Gasteiger partial charge in [-0.1, -0.05) is 48.5 Å². The number of carbonyl (C=O) groups excluding carboxylic acids is 1. The average Bonchev–Trinajstić information content (AvgIpc) is 2.96. The fourth-order valence-corrected chi connectivity index (χ4v) is 3.77. The van der Waals surface area contributed by atoms with Crippen LogP contribution in [0.15, 0.2) is 48.5 Å². The van der Waals surface area contributed by atoms with E-state index in [1.807, 2.05) is 57.2 Å². The highest BCUT2D eigenvalue weighted by molar-refractivity contribution is 5.81. The van der Waals surface area contributed by atoms with Gasteiger partial charge < -0.3 is 19.9 Å². The summed E-state index contributed by atoms with van der Waals surface area (Å²) in [6.07, 6.45) is -1.49. The van der Waals surface area contributed by atoms with Gasteiger partial charge in [0.2, 0.25) is 0 Å². The van der Waals surface area contributed by atoms with Crippen LogP contribution < -0.4 is 5.32 Å². The molecule has 1 amide bonds. The van der Waals surface area contributed by atoms with Crippen molar-refractivity contribution in [2.45, 2.75) is 51.4 Å². The number of hydrogen-bond acceptors (Lipinski definition) is 4. The predicted octanol–water partition coefficient (Wildman–Crippen LogP) is 4.18. The first-order chi connectivity index (χ1) is 13.7. The van der Waals surface area contributed by atoms with Crippen LogP contribution in [0.5, 0.6) is 0 Å². The first-order valence-corrected chi connectivity index (χ1v) is 9.69. The zero-order valence-corrected chi connectivity index (χ0v) is 17.1. The van der Waals surface area contributed by atoms with Gasteiger partial charge in [-0.2, -0.15) is 0 Å². The lowest BCUT2D eigenvalue weighted by atomic mass is 9.98. The average molecular weight is 397 g/mol. The molecule has 6 heteroatoms. The molecule has 154 valence electrons. The molecule has 0 saturated heterocycles. The highest BCUT2D eigenvalue weighted by Gasteiger charge is 2.32. The number of ether oxygens (including phenoxy) is 2. The Kier molecular flexibility index (Phi) is 5.94. The van der Waals surface area contributed by atoms with Gasteiger partial charge in [0.05, 0.1) is 11.7 Å². The van der Waals surface area contributed by atoms with E-state index in [0.29, 0.717) is 0 Å². The molecule has 1 aliphatic carbocycles. The highest BCUT2D eigenvalue weighted by atomic mass is 16.6. The zero-order valence-electron chi connectivity index (χ0n) is 17.1. The lowest BCUT2D eigenvalue weighted by molar-refractivity contribution is -0.147. The molecule has 0 unspecified atom stereocenters. The largest absolute Gasteiger partial charge is 0.480 e. The van der Waals surface area contributed by atoms with E-state index in [2.05, 4.69) is 17.4 Å². The van der Waals surface area contributed by atoms with Gasteiger partial charge in [0.25, 0.3) is 0 Å². The number of aliphatic carboxylic acids is 1. The lowest BCUT2D eigenvalue weighted by Crippen LogP contribution is -2.50. The van der Waals surface area contributed by atoms with Gasteiger partial charge in [-0.15, -0.1) is 0 Å². The molecule has 0 radical (unpaired) electrons. The summed E-state index contributed by atoms with van der Waals surface area (Å²) >= 11 is 0. The summed E-state index contributed by atoms with van der Waals surface area (Å²) in [7, 11) is 0. The van der Waals surface area contributed by atoms with E-state index >= 15 is 0 Å². The van der Waals surface area contributed by atoms with E-state index < -0.39 is 29.8 Å². The maximum atomic E-state index is 12.4. The van der Waals surface area contributed by atoms with Crippen molar-refractivity contribution in [3.05, 3.63) is 59.7 Å². The molecule has 0 saturated carbocycles. The first-order valence-electron chi connectivity index (χ1n) is 9.69. The Morgan fingerprint density at radius 2 is 1.55 bits per heavy atom. The van der Waals surface area contributed by atoms with Crippen molar-refractivity contribution in [2.75, 3.05) is 6.61 Å². The third kappa shape index (κ3) is 4.77. The van der Waals surface area contributed by atoms with Crippen LogP contribution in [0, 0.1) is 0 Å². The summed E-state index contributed by atoms with van der Waals surface area (Å²) in [5, 5.41) is 11.9. The van der Waals surface area contributed by atoms with Crippen molar-refractivity contribution in [2.24, 2.45) is 0 Å². The molecule has 2 atom stereocenters. The number of amides is 1. The molecule has 2 aromatic rings. The van der Waals surface area contributed by atoms with Crippen LogP contribution in [0.4, 0.5) is 4.79 Å². The van der Waals surface area contributed by atoms with Crippen molar-refractivity contribution in [3.8, 4) is 11.1 Å². The maximum Gasteiger partial charge on any atom is 0.407 e. The summed E-state index contributed by atoms with van der Waals surface area (Å²) in [5.74, 6) is -1.25. The summed E-state index contributed by atoms with van der Waals surface area (Å²) in [6.45, 7) is 7.23. The minimum Gasteiger partial charge on any atom is -0.480 e. The molecular weight excluding hydrogens is 370 g/mol.